The van der Waals surface area contributed by atoms with E-state index in [1.54, 1.807) is 12.3 Å². The SMILES string of the molecule is CC(C)N1CCN(CC#Cc2ccc(NN(CC(C)(C)C)c3cc(C#N)nc4nccn34)cc2)CC1. The third-order valence-electron chi connectivity index (χ3n) is 6.20. The van der Waals surface area contributed by atoms with Gasteiger partial charge in [-0.2, -0.15) is 5.26 Å². The molecular weight excluding hydrogens is 448 g/mol. The first-order valence-corrected chi connectivity index (χ1v) is 12.6. The summed E-state index contributed by atoms with van der Waals surface area (Å²) in [7, 11) is 0. The number of nitriles is 1. The van der Waals surface area contributed by atoms with Gasteiger partial charge in [-0.25, -0.2) is 9.97 Å². The minimum absolute atomic E-state index is 0.00203. The normalized spacial score (nSPS) is 14.9. The maximum atomic E-state index is 9.47. The van der Waals surface area contributed by atoms with Gasteiger partial charge in [-0.05, 0) is 43.5 Å². The molecule has 0 saturated carbocycles. The number of hydrogen-bond acceptors (Lipinski definition) is 7. The van der Waals surface area contributed by atoms with Crippen molar-refractivity contribution < 1.29 is 0 Å². The molecule has 8 heteroatoms. The van der Waals surface area contributed by atoms with Crippen LogP contribution in [0.5, 0.6) is 0 Å². The molecule has 1 aliphatic heterocycles. The number of nitrogens with zero attached hydrogens (tertiary/aromatic N) is 7. The first kappa shape index (κ1) is 25.5. The van der Waals surface area contributed by atoms with Crippen molar-refractivity contribution in [3.63, 3.8) is 0 Å². The van der Waals surface area contributed by atoms with Crippen LogP contribution in [-0.2, 0) is 0 Å². The van der Waals surface area contributed by atoms with Crippen molar-refractivity contribution in [2.24, 2.45) is 5.41 Å². The summed E-state index contributed by atoms with van der Waals surface area (Å²) in [6, 6.07) is 12.7. The Morgan fingerprint density at radius 3 is 2.47 bits per heavy atom. The Kier molecular flexibility index (Phi) is 7.79. The topological polar surface area (TPSA) is 75.7 Å². The van der Waals surface area contributed by atoms with Crippen LogP contribution >= 0.6 is 0 Å². The molecule has 8 nitrogen and oxygen atoms in total. The van der Waals surface area contributed by atoms with E-state index >= 15 is 0 Å². The molecule has 3 aromatic rings. The van der Waals surface area contributed by atoms with Gasteiger partial charge >= 0.3 is 0 Å². The second kappa shape index (κ2) is 11.0. The molecule has 0 bridgehead atoms. The first-order valence-electron chi connectivity index (χ1n) is 12.6. The lowest BCUT2D eigenvalue weighted by Gasteiger charge is -2.36. The van der Waals surface area contributed by atoms with Crippen molar-refractivity contribution >= 4 is 17.3 Å². The summed E-state index contributed by atoms with van der Waals surface area (Å²) < 4.78 is 1.89. The highest BCUT2D eigenvalue weighted by molar-refractivity contribution is 5.58. The van der Waals surface area contributed by atoms with E-state index in [4.69, 9.17) is 0 Å². The van der Waals surface area contributed by atoms with E-state index in [1.165, 1.54) is 0 Å². The Bertz CT molecular complexity index is 1260. The van der Waals surface area contributed by atoms with Crippen LogP contribution < -0.4 is 10.4 Å². The summed E-state index contributed by atoms with van der Waals surface area (Å²) in [5, 5.41) is 11.5. The fourth-order valence-electron chi connectivity index (χ4n) is 4.28. The smallest absolute Gasteiger partial charge is 0.236 e. The molecule has 0 aliphatic carbocycles. The lowest BCUT2D eigenvalue weighted by molar-refractivity contribution is 0.118. The minimum Gasteiger partial charge on any atom is -0.298 e. The van der Waals surface area contributed by atoms with Gasteiger partial charge in [-0.3, -0.25) is 24.6 Å². The molecule has 0 spiro atoms. The van der Waals surface area contributed by atoms with Crippen LogP contribution in [0.25, 0.3) is 5.78 Å². The van der Waals surface area contributed by atoms with E-state index in [9.17, 15) is 5.26 Å². The van der Waals surface area contributed by atoms with Crippen LogP contribution in [0, 0.1) is 28.6 Å². The second-order valence-corrected chi connectivity index (χ2v) is 10.8. The van der Waals surface area contributed by atoms with Crippen molar-refractivity contribution in [1.82, 2.24) is 24.2 Å². The van der Waals surface area contributed by atoms with Crippen molar-refractivity contribution in [3.8, 4) is 17.9 Å². The Labute approximate surface area is 214 Å². The minimum atomic E-state index is 0.00203. The predicted octanol–water partition coefficient (Wildman–Crippen LogP) is 3.86. The Morgan fingerprint density at radius 2 is 1.83 bits per heavy atom. The summed E-state index contributed by atoms with van der Waals surface area (Å²) in [5.74, 6) is 7.96. The highest BCUT2D eigenvalue weighted by Gasteiger charge is 2.21. The van der Waals surface area contributed by atoms with E-state index < -0.39 is 0 Å². The molecule has 188 valence electrons. The molecular formula is C28H36N8. The molecule has 0 unspecified atom stereocenters. The highest BCUT2D eigenvalue weighted by atomic mass is 15.5. The molecule has 1 N–H and O–H groups in total. The number of fused-ring (bicyclic) bond motifs is 1. The number of aromatic nitrogens is 3. The zero-order valence-corrected chi connectivity index (χ0v) is 22.0. The lowest BCUT2D eigenvalue weighted by atomic mass is 9.96. The zero-order chi connectivity index (χ0) is 25.7. The Hall–Kier alpha value is -3.59. The predicted molar refractivity (Wildman–Crippen MR) is 145 cm³/mol. The molecule has 1 aromatic carbocycles. The maximum Gasteiger partial charge on any atom is 0.236 e. The molecule has 0 radical (unpaired) electrons. The average molecular weight is 485 g/mol. The van der Waals surface area contributed by atoms with Crippen LogP contribution in [0.2, 0.25) is 0 Å². The van der Waals surface area contributed by atoms with Crippen LogP contribution in [0.3, 0.4) is 0 Å². The Balaban J connectivity index is 1.46. The summed E-state index contributed by atoms with van der Waals surface area (Å²) >= 11 is 0. The third-order valence-corrected chi connectivity index (χ3v) is 6.20. The number of hydrazine groups is 1. The number of imidazole rings is 1. The number of rotatable bonds is 6. The summed E-state index contributed by atoms with van der Waals surface area (Å²) in [5.41, 5.74) is 5.80. The van der Waals surface area contributed by atoms with E-state index in [0.29, 0.717) is 24.1 Å². The quantitative estimate of drug-likeness (QED) is 0.421. The molecule has 1 aliphatic rings. The van der Waals surface area contributed by atoms with Gasteiger partial charge < -0.3 is 0 Å². The van der Waals surface area contributed by atoms with Crippen molar-refractivity contribution in [2.75, 3.05) is 49.7 Å². The van der Waals surface area contributed by atoms with Crippen molar-refractivity contribution in [2.45, 2.75) is 40.7 Å². The molecule has 3 heterocycles. The van der Waals surface area contributed by atoms with Gasteiger partial charge in [-0.1, -0.05) is 32.6 Å². The molecule has 0 atom stereocenters. The van der Waals surface area contributed by atoms with E-state index in [-0.39, 0.29) is 5.41 Å². The highest BCUT2D eigenvalue weighted by Crippen LogP contribution is 2.24. The van der Waals surface area contributed by atoms with Gasteiger partial charge in [0.2, 0.25) is 5.78 Å². The maximum absolute atomic E-state index is 9.47. The van der Waals surface area contributed by atoms with Crippen LogP contribution in [0.4, 0.5) is 11.5 Å². The van der Waals surface area contributed by atoms with E-state index in [1.807, 2.05) is 34.9 Å². The van der Waals surface area contributed by atoms with Gasteiger partial charge in [0.25, 0.3) is 0 Å². The van der Waals surface area contributed by atoms with E-state index in [0.717, 1.165) is 49.8 Å². The molecule has 1 saturated heterocycles. The number of anilines is 2. The Morgan fingerprint density at radius 1 is 1.11 bits per heavy atom. The number of piperazine rings is 1. The van der Waals surface area contributed by atoms with Crippen LogP contribution in [0.15, 0.2) is 42.7 Å². The largest absolute Gasteiger partial charge is 0.298 e. The molecule has 36 heavy (non-hydrogen) atoms. The van der Waals surface area contributed by atoms with E-state index in [2.05, 4.69) is 82.7 Å². The van der Waals surface area contributed by atoms with Gasteiger partial charge in [0, 0.05) is 62.8 Å². The fraction of sp³-hybridized carbons (Fsp3) is 0.464. The second-order valence-electron chi connectivity index (χ2n) is 10.8. The third kappa shape index (κ3) is 6.54. The molecule has 1 fully saturated rings. The lowest BCUT2D eigenvalue weighted by Crippen LogP contribution is -2.48. The van der Waals surface area contributed by atoms with Gasteiger partial charge in [0.1, 0.15) is 17.6 Å². The first-order chi connectivity index (χ1) is 17.2. The number of nitrogens with one attached hydrogen (secondary N) is 1. The zero-order valence-electron chi connectivity index (χ0n) is 22.0. The molecule has 2 aromatic heterocycles. The van der Waals surface area contributed by atoms with Crippen molar-refractivity contribution in [3.05, 3.63) is 54.0 Å². The summed E-state index contributed by atoms with van der Waals surface area (Å²) in [6.07, 6.45) is 3.55. The van der Waals surface area contributed by atoms with Crippen LogP contribution in [0.1, 0.15) is 45.9 Å². The average Bonchev–Trinajstić information content (AvgIpc) is 3.32. The standard InChI is InChI=1S/C28H36N8/c1-22(2)34-17-15-33(16-18-34)13-6-7-23-8-10-24(11-9-23)32-36(21-28(3,4)5)26-19-25(20-29)31-27-30-12-14-35(26)27/h8-12,14,19,22,32H,13,15-18,21H2,1-5H3. The number of benzene rings is 1. The fourth-order valence-corrected chi connectivity index (χ4v) is 4.28. The summed E-state index contributed by atoms with van der Waals surface area (Å²) in [4.78, 5) is 13.5. The van der Waals surface area contributed by atoms with Gasteiger partial charge in [0.05, 0.1) is 12.2 Å². The van der Waals surface area contributed by atoms with Crippen molar-refractivity contribution in [1.29, 1.82) is 5.26 Å². The molecule has 0 amide bonds. The van der Waals surface area contributed by atoms with Crippen LogP contribution in [-0.4, -0.2) is 69.5 Å². The van der Waals surface area contributed by atoms with Gasteiger partial charge in [0.15, 0.2) is 0 Å². The van der Waals surface area contributed by atoms with Gasteiger partial charge in [-0.15, -0.1) is 0 Å². The number of hydrogen-bond donors (Lipinski definition) is 1. The monoisotopic (exact) mass is 484 g/mol. The molecule has 4 rings (SSSR count). The summed E-state index contributed by atoms with van der Waals surface area (Å²) in [6.45, 7) is 17.0.